The zero-order chi connectivity index (χ0) is 10.8. The van der Waals surface area contributed by atoms with Crippen LogP contribution in [0.4, 0.5) is 20.2 Å². The molecule has 0 radical (unpaired) electrons. The van der Waals surface area contributed by atoms with E-state index in [0.29, 0.717) is 15.2 Å². The molecule has 0 saturated heterocycles. The largest absolute Gasteiger partial charge is 0.389 e. The van der Waals surface area contributed by atoms with Crippen molar-refractivity contribution >= 4 is 38.8 Å². The summed E-state index contributed by atoms with van der Waals surface area (Å²) in [5.41, 5.74) is 5.71. The molecule has 0 atom stereocenters. The summed E-state index contributed by atoms with van der Waals surface area (Å²) in [5.74, 6) is -0.420. The molecule has 0 spiro atoms. The van der Waals surface area contributed by atoms with Crippen LogP contribution in [-0.2, 0) is 0 Å². The predicted molar refractivity (Wildman–Crippen MR) is 61.2 cm³/mol. The van der Waals surface area contributed by atoms with Crippen molar-refractivity contribution < 1.29 is 4.39 Å². The van der Waals surface area contributed by atoms with Crippen molar-refractivity contribution in [2.24, 2.45) is 0 Å². The summed E-state index contributed by atoms with van der Waals surface area (Å²) < 4.78 is 13.3. The number of aromatic nitrogens is 1. The van der Waals surface area contributed by atoms with Crippen LogP contribution in [0.1, 0.15) is 0 Å². The van der Waals surface area contributed by atoms with Gasteiger partial charge in [-0.2, -0.15) is 0 Å². The second-order valence-corrected chi connectivity index (χ2v) is 4.26. The van der Waals surface area contributed by atoms with E-state index in [1.165, 1.54) is 23.6 Å². The van der Waals surface area contributed by atoms with Crippen molar-refractivity contribution in [2.75, 3.05) is 11.1 Å². The number of anilines is 3. The van der Waals surface area contributed by atoms with Gasteiger partial charge < -0.3 is 11.1 Å². The highest BCUT2D eigenvalue weighted by Crippen LogP contribution is 2.30. The van der Waals surface area contributed by atoms with Gasteiger partial charge in [-0.25, -0.2) is 9.37 Å². The molecule has 0 bridgehead atoms. The molecule has 0 aliphatic carbocycles. The van der Waals surface area contributed by atoms with Crippen LogP contribution in [0.15, 0.2) is 24.4 Å². The number of halogens is 2. The van der Waals surface area contributed by atoms with E-state index >= 15 is 0 Å². The molecule has 0 fully saturated rings. The molecular formula is C9H7ClFN3S. The third-order valence-electron chi connectivity index (χ3n) is 1.72. The Morgan fingerprint density at radius 2 is 2.27 bits per heavy atom. The van der Waals surface area contributed by atoms with Crippen LogP contribution < -0.4 is 11.1 Å². The SMILES string of the molecule is Nc1cnc(Nc2c(F)cccc2Cl)s1. The van der Waals surface area contributed by atoms with Gasteiger partial charge in [-0.05, 0) is 12.1 Å². The molecule has 0 amide bonds. The minimum Gasteiger partial charge on any atom is -0.389 e. The van der Waals surface area contributed by atoms with Crippen molar-refractivity contribution in [3.8, 4) is 0 Å². The number of hydrogen-bond acceptors (Lipinski definition) is 4. The molecular weight excluding hydrogens is 237 g/mol. The van der Waals surface area contributed by atoms with Gasteiger partial charge in [0, 0.05) is 0 Å². The highest BCUT2D eigenvalue weighted by molar-refractivity contribution is 7.19. The third-order valence-corrected chi connectivity index (χ3v) is 2.78. The lowest BCUT2D eigenvalue weighted by Gasteiger charge is -2.05. The van der Waals surface area contributed by atoms with Crippen LogP contribution >= 0.6 is 22.9 Å². The Kier molecular flexibility index (Phi) is 2.75. The average molecular weight is 244 g/mol. The van der Waals surface area contributed by atoms with Gasteiger partial charge in [0.15, 0.2) is 5.13 Å². The molecule has 78 valence electrons. The second kappa shape index (κ2) is 4.04. The summed E-state index contributed by atoms with van der Waals surface area (Å²) in [4.78, 5) is 3.95. The first-order valence-corrected chi connectivity index (χ1v) is 5.28. The first-order chi connectivity index (χ1) is 7.16. The molecule has 0 unspecified atom stereocenters. The smallest absolute Gasteiger partial charge is 0.189 e. The summed E-state index contributed by atoms with van der Waals surface area (Å²) in [5, 5.41) is 4.16. The van der Waals surface area contributed by atoms with Gasteiger partial charge in [0.25, 0.3) is 0 Å². The fraction of sp³-hybridized carbons (Fsp3) is 0. The Morgan fingerprint density at radius 3 is 2.87 bits per heavy atom. The van der Waals surface area contributed by atoms with Gasteiger partial charge in [-0.3, -0.25) is 0 Å². The molecule has 1 aromatic carbocycles. The summed E-state index contributed by atoms with van der Waals surface area (Å²) in [6.45, 7) is 0. The van der Waals surface area contributed by atoms with Gasteiger partial charge in [0.2, 0.25) is 0 Å². The van der Waals surface area contributed by atoms with E-state index in [1.54, 1.807) is 12.1 Å². The first kappa shape index (κ1) is 10.2. The minimum atomic E-state index is -0.420. The Labute approximate surface area is 94.7 Å². The van der Waals surface area contributed by atoms with Crippen LogP contribution in [0.2, 0.25) is 5.02 Å². The zero-order valence-corrected chi connectivity index (χ0v) is 9.07. The maximum atomic E-state index is 13.3. The van der Waals surface area contributed by atoms with E-state index in [0.717, 1.165) is 0 Å². The van der Waals surface area contributed by atoms with Crippen molar-refractivity contribution in [3.05, 3.63) is 35.2 Å². The molecule has 3 nitrogen and oxygen atoms in total. The zero-order valence-electron chi connectivity index (χ0n) is 7.50. The van der Waals surface area contributed by atoms with Crippen LogP contribution in [0.3, 0.4) is 0 Å². The van der Waals surface area contributed by atoms with Gasteiger partial charge in [-0.15, -0.1) is 0 Å². The number of nitrogens with two attached hydrogens (primary N) is 1. The fourth-order valence-corrected chi connectivity index (χ4v) is 1.87. The van der Waals surface area contributed by atoms with E-state index in [4.69, 9.17) is 17.3 Å². The predicted octanol–water partition coefficient (Wildman–Crippen LogP) is 3.26. The van der Waals surface area contributed by atoms with E-state index in [9.17, 15) is 4.39 Å². The van der Waals surface area contributed by atoms with Crippen LogP contribution in [0, 0.1) is 5.82 Å². The maximum Gasteiger partial charge on any atom is 0.189 e. The molecule has 1 heterocycles. The number of nitrogens with zero attached hydrogens (tertiary/aromatic N) is 1. The van der Waals surface area contributed by atoms with E-state index in [-0.39, 0.29) is 5.69 Å². The number of para-hydroxylation sites is 1. The summed E-state index contributed by atoms with van der Waals surface area (Å²) in [6.07, 6.45) is 1.50. The molecule has 15 heavy (non-hydrogen) atoms. The molecule has 6 heteroatoms. The van der Waals surface area contributed by atoms with E-state index < -0.39 is 5.82 Å². The van der Waals surface area contributed by atoms with Crippen molar-refractivity contribution in [1.29, 1.82) is 0 Å². The molecule has 1 aromatic heterocycles. The van der Waals surface area contributed by atoms with Gasteiger partial charge in [-0.1, -0.05) is 29.0 Å². The number of thiazole rings is 1. The van der Waals surface area contributed by atoms with E-state index in [1.807, 2.05) is 0 Å². The van der Waals surface area contributed by atoms with Crippen LogP contribution in [0.25, 0.3) is 0 Å². The molecule has 3 N–H and O–H groups in total. The van der Waals surface area contributed by atoms with Crippen molar-refractivity contribution in [2.45, 2.75) is 0 Å². The summed E-state index contributed by atoms with van der Waals surface area (Å²) >= 11 is 7.06. The third kappa shape index (κ3) is 2.19. The maximum absolute atomic E-state index is 13.3. The molecule has 2 rings (SSSR count). The second-order valence-electron chi connectivity index (χ2n) is 2.79. The highest BCUT2D eigenvalue weighted by Gasteiger charge is 2.08. The Morgan fingerprint density at radius 1 is 1.47 bits per heavy atom. The van der Waals surface area contributed by atoms with Gasteiger partial charge >= 0.3 is 0 Å². The quantitative estimate of drug-likeness (QED) is 0.851. The lowest BCUT2D eigenvalue weighted by Crippen LogP contribution is -1.93. The molecule has 0 aliphatic heterocycles. The standard InChI is InChI=1S/C9H7ClFN3S/c10-5-2-1-3-6(11)8(5)14-9-13-4-7(12)15-9/h1-4H,12H2,(H,13,14). The molecule has 0 saturated carbocycles. The average Bonchev–Trinajstić information content (AvgIpc) is 2.58. The molecule has 2 aromatic rings. The van der Waals surface area contributed by atoms with Crippen molar-refractivity contribution in [1.82, 2.24) is 4.98 Å². The van der Waals surface area contributed by atoms with Crippen molar-refractivity contribution in [3.63, 3.8) is 0 Å². The minimum absolute atomic E-state index is 0.216. The Hall–Kier alpha value is -1.33. The number of benzene rings is 1. The van der Waals surface area contributed by atoms with Crippen LogP contribution in [0.5, 0.6) is 0 Å². The summed E-state index contributed by atoms with van der Waals surface area (Å²) in [6, 6.07) is 4.47. The number of hydrogen-bond donors (Lipinski definition) is 2. The Bertz CT molecular complexity index is 466. The lowest BCUT2D eigenvalue weighted by atomic mass is 10.3. The van der Waals surface area contributed by atoms with Crippen LogP contribution in [-0.4, -0.2) is 4.98 Å². The number of nitrogens with one attached hydrogen (secondary N) is 1. The van der Waals surface area contributed by atoms with E-state index in [2.05, 4.69) is 10.3 Å². The number of rotatable bonds is 2. The topological polar surface area (TPSA) is 50.9 Å². The monoisotopic (exact) mass is 243 g/mol. The van der Waals surface area contributed by atoms with Gasteiger partial charge in [0.05, 0.1) is 16.9 Å². The highest BCUT2D eigenvalue weighted by atomic mass is 35.5. The Balaban J connectivity index is 2.31. The fourth-order valence-electron chi connectivity index (χ4n) is 1.07. The normalized spacial score (nSPS) is 10.3. The van der Waals surface area contributed by atoms with Gasteiger partial charge in [0.1, 0.15) is 10.8 Å². The molecule has 0 aliphatic rings. The lowest BCUT2D eigenvalue weighted by molar-refractivity contribution is 0.632. The first-order valence-electron chi connectivity index (χ1n) is 4.09. The number of nitrogen functional groups attached to an aromatic ring is 1. The summed E-state index contributed by atoms with van der Waals surface area (Å²) in [7, 11) is 0.